The standard InChI is InChI=1S/C13H15ClN4S2/c1-7-8(13(14)18(2)17-7)5-9(16-15)11-6-12-10(20-11)3-4-19-12/h3-4,6,9,16H,5,15H2,1-2H3. The molecule has 0 spiro atoms. The number of hydrazine groups is 1. The van der Waals surface area contributed by atoms with E-state index >= 15 is 0 Å². The number of aryl methyl sites for hydroxylation is 2. The highest BCUT2D eigenvalue weighted by molar-refractivity contribution is 7.26. The van der Waals surface area contributed by atoms with Crippen LogP contribution in [0.5, 0.6) is 0 Å². The van der Waals surface area contributed by atoms with E-state index in [0.29, 0.717) is 5.15 Å². The summed E-state index contributed by atoms with van der Waals surface area (Å²) in [6, 6.07) is 4.40. The molecule has 0 fully saturated rings. The molecule has 7 heteroatoms. The predicted octanol–water partition coefficient (Wildman–Crippen LogP) is 3.41. The van der Waals surface area contributed by atoms with Gasteiger partial charge in [-0.15, -0.1) is 22.7 Å². The van der Waals surface area contributed by atoms with E-state index in [1.165, 1.54) is 14.3 Å². The molecule has 0 amide bonds. The topological polar surface area (TPSA) is 55.9 Å². The van der Waals surface area contributed by atoms with Gasteiger partial charge in [0, 0.05) is 26.9 Å². The van der Waals surface area contributed by atoms with Gasteiger partial charge in [0.1, 0.15) is 5.15 Å². The van der Waals surface area contributed by atoms with Gasteiger partial charge in [-0.3, -0.25) is 16.0 Å². The molecule has 0 radical (unpaired) electrons. The van der Waals surface area contributed by atoms with Crippen LogP contribution in [0.2, 0.25) is 5.15 Å². The van der Waals surface area contributed by atoms with Crippen molar-refractivity contribution in [1.29, 1.82) is 0 Å². The highest BCUT2D eigenvalue weighted by atomic mass is 35.5. The minimum absolute atomic E-state index is 0.0556. The first-order valence-electron chi connectivity index (χ1n) is 6.21. The Labute approximate surface area is 130 Å². The van der Waals surface area contributed by atoms with E-state index in [0.717, 1.165) is 17.7 Å². The number of fused-ring (bicyclic) bond motifs is 1. The third-order valence-corrected chi connectivity index (χ3v) is 6.06. The summed E-state index contributed by atoms with van der Waals surface area (Å²) in [6.45, 7) is 1.97. The average molecular weight is 327 g/mol. The van der Waals surface area contributed by atoms with Gasteiger partial charge in [0.2, 0.25) is 0 Å². The molecule has 3 N–H and O–H groups in total. The van der Waals surface area contributed by atoms with Crippen molar-refractivity contribution >= 4 is 43.7 Å². The van der Waals surface area contributed by atoms with Gasteiger partial charge in [-0.1, -0.05) is 11.6 Å². The summed E-state index contributed by atoms with van der Waals surface area (Å²) in [6.07, 6.45) is 0.739. The Morgan fingerprint density at radius 3 is 2.90 bits per heavy atom. The molecule has 0 aliphatic rings. The van der Waals surface area contributed by atoms with Crippen LogP contribution in [0.25, 0.3) is 9.40 Å². The van der Waals surface area contributed by atoms with E-state index < -0.39 is 0 Å². The molecule has 3 aromatic heterocycles. The number of halogens is 1. The zero-order chi connectivity index (χ0) is 14.3. The van der Waals surface area contributed by atoms with Crippen LogP contribution in [0.15, 0.2) is 17.5 Å². The van der Waals surface area contributed by atoms with Crippen LogP contribution in [0.4, 0.5) is 0 Å². The van der Waals surface area contributed by atoms with Gasteiger partial charge < -0.3 is 0 Å². The minimum atomic E-state index is 0.0556. The van der Waals surface area contributed by atoms with Gasteiger partial charge in [0.15, 0.2) is 0 Å². The summed E-state index contributed by atoms with van der Waals surface area (Å²) in [5, 5.41) is 7.14. The van der Waals surface area contributed by atoms with Crippen molar-refractivity contribution in [3.63, 3.8) is 0 Å². The lowest BCUT2D eigenvalue weighted by Gasteiger charge is -2.14. The van der Waals surface area contributed by atoms with Crippen molar-refractivity contribution in [1.82, 2.24) is 15.2 Å². The van der Waals surface area contributed by atoms with Gasteiger partial charge in [-0.2, -0.15) is 5.10 Å². The summed E-state index contributed by atoms with van der Waals surface area (Å²) < 4.78 is 4.31. The Morgan fingerprint density at radius 2 is 2.30 bits per heavy atom. The fourth-order valence-electron chi connectivity index (χ4n) is 2.31. The van der Waals surface area contributed by atoms with Crippen molar-refractivity contribution < 1.29 is 0 Å². The Kier molecular flexibility index (Phi) is 3.83. The first kappa shape index (κ1) is 14.0. The van der Waals surface area contributed by atoms with Gasteiger partial charge in [0.25, 0.3) is 0 Å². The summed E-state index contributed by atoms with van der Waals surface area (Å²) in [5.41, 5.74) is 4.91. The second-order valence-corrected chi connectivity index (χ2v) is 7.12. The first-order chi connectivity index (χ1) is 9.60. The number of nitrogens with two attached hydrogens (primary N) is 1. The largest absolute Gasteiger partial charge is 0.271 e. The van der Waals surface area contributed by atoms with Crippen LogP contribution < -0.4 is 11.3 Å². The molecule has 3 heterocycles. The van der Waals surface area contributed by atoms with Crippen LogP contribution in [-0.4, -0.2) is 9.78 Å². The molecule has 20 heavy (non-hydrogen) atoms. The molecule has 0 saturated carbocycles. The number of thiophene rings is 2. The molecular weight excluding hydrogens is 312 g/mol. The number of nitrogens with one attached hydrogen (secondary N) is 1. The average Bonchev–Trinajstić information content (AvgIpc) is 3.04. The number of hydrogen-bond acceptors (Lipinski definition) is 5. The maximum Gasteiger partial charge on any atom is 0.130 e. The van der Waals surface area contributed by atoms with Gasteiger partial charge in [-0.25, -0.2) is 0 Å². The van der Waals surface area contributed by atoms with Crippen molar-refractivity contribution in [2.75, 3.05) is 0 Å². The summed E-state index contributed by atoms with van der Waals surface area (Å²) in [7, 11) is 1.85. The highest BCUT2D eigenvalue weighted by Crippen LogP contribution is 2.35. The molecule has 0 aliphatic carbocycles. The Balaban J connectivity index is 1.92. The lowest BCUT2D eigenvalue weighted by molar-refractivity contribution is 0.559. The fourth-order valence-corrected chi connectivity index (χ4v) is 4.74. The quantitative estimate of drug-likeness (QED) is 0.570. The predicted molar refractivity (Wildman–Crippen MR) is 86.4 cm³/mol. The van der Waals surface area contributed by atoms with Crippen LogP contribution in [-0.2, 0) is 13.5 Å². The summed E-state index contributed by atoms with van der Waals surface area (Å²) in [4.78, 5) is 1.23. The molecule has 3 rings (SSSR count). The molecule has 0 aromatic carbocycles. The molecule has 0 bridgehead atoms. The lowest BCUT2D eigenvalue weighted by Crippen LogP contribution is -2.29. The highest BCUT2D eigenvalue weighted by Gasteiger charge is 2.19. The molecule has 1 unspecified atom stereocenters. The van der Waals surface area contributed by atoms with Crippen LogP contribution in [0, 0.1) is 6.92 Å². The number of hydrogen-bond donors (Lipinski definition) is 2. The molecule has 106 valence electrons. The van der Waals surface area contributed by atoms with Gasteiger partial charge in [0.05, 0.1) is 11.7 Å². The van der Waals surface area contributed by atoms with E-state index in [4.69, 9.17) is 17.4 Å². The smallest absolute Gasteiger partial charge is 0.130 e. The zero-order valence-electron chi connectivity index (χ0n) is 11.2. The summed E-state index contributed by atoms with van der Waals surface area (Å²) >= 11 is 9.82. The van der Waals surface area contributed by atoms with Crippen molar-refractivity contribution in [2.45, 2.75) is 19.4 Å². The second kappa shape index (κ2) is 5.46. The Morgan fingerprint density at radius 1 is 1.50 bits per heavy atom. The zero-order valence-corrected chi connectivity index (χ0v) is 13.6. The fraction of sp³-hybridized carbons (Fsp3) is 0.308. The van der Waals surface area contributed by atoms with E-state index in [1.807, 2.05) is 14.0 Å². The molecule has 3 aromatic rings. The maximum atomic E-state index is 6.30. The Hall–Kier alpha value is -0.920. The summed E-state index contributed by atoms with van der Waals surface area (Å²) in [5.74, 6) is 5.74. The van der Waals surface area contributed by atoms with Crippen molar-refractivity contribution in [3.8, 4) is 0 Å². The molecular formula is C13H15ClN4S2. The SMILES string of the molecule is Cc1nn(C)c(Cl)c1CC(NN)c1cc2sccc2s1. The number of rotatable bonds is 4. The van der Waals surface area contributed by atoms with Crippen molar-refractivity contribution in [3.05, 3.63) is 38.8 Å². The van der Waals surface area contributed by atoms with Gasteiger partial charge >= 0.3 is 0 Å². The van der Waals surface area contributed by atoms with Gasteiger partial charge in [-0.05, 0) is 30.9 Å². The van der Waals surface area contributed by atoms with E-state index in [9.17, 15) is 0 Å². The molecule has 0 saturated heterocycles. The van der Waals surface area contributed by atoms with Crippen LogP contribution in [0.1, 0.15) is 22.2 Å². The van der Waals surface area contributed by atoms with Crippen LogP contribution >= 0.6 is 34.3 Å². The first-order valence-corrected chi connectivity index (χ1v) is 8.28. The molecule has 1 atom stereocenters. The Bertz CT molecular complexity index is 714. The monoisotopic (exact) mass is 326 g/mol. The van der Waals surface area contributed by atoms with E-state index in [2.05, 4.69) is 28.0 Å². The molecule has 4 nitrogen and oxygen atoms in total. The van der Waals surface area contributed by atoms with E-state index in [-0.39, 0.29) is 6.04 Å². The number of nitrogens with zero attached hydrogens (tertiary/aromatic N) is 2. The minimum Gasteiger partial charge on any atom is -0.271 e. The second-order valence-electron chi connectivity index (χ2n) is 4.70. The third-order valence-electron chi connectivity index (χ3n) is 3.38. The van der Waals surface area contributed by atoms with Crippen molar-refractivity contribution in [2.24, 2.45) is 12.9 Å². The third kappa shape index (κ3) is 2.38. The molecule has 0 aliphatic heterocycles. The normalized spacial score (nSPS) is 13.2. The lowest BCUT2D eigenvalue weighted by atomic mass is 10.1. The number of aromatic nitrogens is 2. The van der Waals surface area contributed by atoms with E-state index in [1.54, 1.807) is 27.4 Å². The maximum absolute atomic E-state index is 6.30. The van der Waals surface area contributed by atoms with Crippen LogP contribution in [0.3, 0.4) is 0 Å².